The molecule has 0 saturated carbocycles. The molecule has 0 spiro atoms. The second kappa shape index (κ2) is 3.68. The topological polar surface area (TPSA) is 90.7 Å². The molecule has 10 heteroatoms. The van der Waals surface area contributed by atoms with Gasteiger partial charge in [-0.2, -0.15) is 36.9 Å². The zero-order valence-corrected chi connectivity index (χ0v) is 7.59. The Labute approximate surface area is 85.7 Å². The summed E-state index contributed by atoms with van der Waals surface area (Å²) < 4.78 is 60.7. The normalized spacial score (nSPS) is 12.8. The highest BCUT2D eigenvalue weighted by atomic mass is 19.4. The highest BCUT2D eigenvalue weighted by molar-refractivity contribution is 5.26. The number of nitrogen functional groups attached to an aromatic ring is 2. The second-order valence-electron chi connectivity index (χ2n) is 2.85. The molecule has 0 saturated heterocycles. The van der Waals surface area contributed by atoms with Crippen LogP contribution < -0.4 is 11.5 Å². The summed E-state index contributed by atoms with van der Waals surface area (Å²) in [7, 11) is 0. The Kier molecular flexibility index (Phi) is 2.84. The standard InChI is InChI=1S/C6H6F5N5/c7-5(8,6(9,10)11)1-2-14-3(12)16-4(13)15-2/h1H2,(H4,12,13,14,15,16). The van der Waals surface area contributed by atoms with E-state index >= 15 is 0 Å². The molecule has 1 rings (SSSR count). The number of halogens is 5. The van der Waals surface area contributed by atoms with Crippen LogP contribution in [0, 0.1) is 0 Å². The maximum Gasteiger partial charge on any atom is 0.453 e. The number of hydrogen-bond donors (Lipinski definition) is 2. The van der Waals surface area contributed by atoms with E-state index in [9.17, 15) is 22.0 Å². The number of aromatic nitrogens is 3. The monoisotopic (exact) mass is 243 g/mol. The minimum Gasteiger partial charge on any atom is -0.368 e. The summed E-state index contributed by atoms with van der Waals surface area (Å²) in [5, 5.41) is 0. The summed E-state index contributed by atoms with van der Waals surface area (Å²) in [6.45, 7) is 0. The molecule has 0 fully saturated rings. The number of hydrogen-bond acceptors (Lipinski definition) is 5. The van der Waals surface area contributed by atoms with Gasteiger partial charge in [-0.3, -0.25) is 0 Å². The Morgan fingerprint density at radius 2 is 1.31 bits per heavy atom. The Balaban J connectivity index is 2.96. The van der Waals surface area contributed by atoms with Gasteiger partial charge in [0.05, 0.1) is 6.42 Å². The summed E-state index contributed by atoms with van der Waals surface area (Å²) in [5.74, 6) is -6.78. The van der Waals surface area contributed by atoms with Crippen molar-refractivity contribution in [3.8, 4) is 0 Å². The quantitative estimate of drug-likeness (QED) is 0.749. The maximum atomic E-state index is 12.6. The van der Waals surface area contributed by atoms with Crippen molar-refractivity contribution in [3.05, 3.63) is 5.82 Å². The summed E-state index contributed by atoms with van der Waals surface area (Å²) in [4.78, 5) is 9.49. The van der Waals surface area contributed by atoms with E-state index < -0.39 is 36.2 Å². The minimum absolute atomic E-state index is 0.513. The Morgan fingerprint density at radius 1 is 0.875 bits per heavy atom. The van der Waals surface area contributed by atoms with Crippen molar-refractivity contribution < 1.29 is 22.0 Å². The van der Waals surface area contributed by atoms with Crippen molar-refractivity contribution in [2.75, 3.05) is 11.5 Å². The van der Waals surface area contributed by atoms with Crippen molar-refractivity contribution in [2.45, 2.75) is 18.5 Å². The second-order valence-corrected chi connectivity index (χ2v) is 2.85. The third-order valence-corrected chi connectivity index (χ3v) is 1.51. The van der Waals surface area contributed by atoms with Crippen LogP contribution in [0.15, 0.2) is 0 Å². The van der Waals surface area contributed by atoms with E-state index in [0.717, 1.165) is 0 Å². The van der Waals surface area contributed by atoms with E-state index in [2.05, 4.69) is 15.0 Å². The SMILES string of the molecule is Nc1nc(N)nc(CC(F)(F)C(F)(F)F)n1. The van der Waals surface area contributed by atoms with Gasteiger partial charge in [0, 0.05) is 0 Å². The molecule has 0 aliphatic rings. The van der Waals surface area contributed by atoms with Crippen LogP contribution in [0.5, 0.6) is 0 Å². The average molecular weight is 243 g/mol. The van der Waals surface area contributed by atoms with Gasteiger partial charge >= 0.3 is 12.1 Å². The first-order valence-electron chi connectivity index (χ1n) is 3.82. The maximum absolute atomic E-state index is 12.6. The fourth-order valence-electron chi connectivity index (χ4n) is 0.835. The van der Waals surface area contributed by atoms with Crippen LogP contribution in [-0.4, -0.2) is 27.1 Å². The van der Waals surface area contributed by atoms with Crippen LogP contribution in [0.2, 0.25) is 0 Å². The molecule has 0 atom stereocenters. The van der Waals surface area contributed by atoms with Gasteiger partial charge in [-0.15, -0.1) is 0 Å². The van der Waals surface area contributed by atoms with Crippen LogP contribution in [-0.2, 0) is 6.42 Å². The zero-order valence-electron chi connectivity index (χ0n) is 7.59. The summed E-state index contributed by atoms with van der Waals surface area (Å²) in [5.41, 5.74) is 10.0. The van der Waals surface area contributed by atoms with Crippen LogP contribution >= 0.6 is 0 Å². The number of anilines is 2. The molecule has 0 radical (unpaired) electrons. The third-order valence-electron chi connectivity index (χ3n) is 1.51. The summed E-state index contributed by atoms with van der Waals surface area (Å²) in [6.07, 6.45) is -7.41. The number of rotatable bonds is 2. The summed E-state index contributed by atoms with van der Waals surface area (Å²) >= 11 is 0. The molecule has 0 aliphatic heterocycles. The molecular weight excluding hydrogens is 237 g/mol. The van der Waals surface area contributed by atoms with Crippen molar-refractivity contribution >= 4 is 11.9 Å². The van der Waals surface area contributed by atoms with Crippen molar-refractivity contribution in [1.29, 1.82) is 0 Å². The third kappa shape index (κ3) is 2.64. The number of nitrogens with two attached hydrogens (primary N) is 2. The first-order chi connectivity index (χ1) is 7.12. The fourth-order valence-corrected chi connectivity index (χ4v) is 0.835. The molecule has 1 aromatic rings. The number of nitrogens with zero attached hydrogens (tertiary/aromatic N) is 3. The first kappa shape index (κ1) is 12.3. The zero-order chi connectivity index (χ0) is 12.6. The van der Waals surface area contributed by atoms with Crippen molar-refractivity contribution in [3.63, 3.8) is 0 Å². The Bertz CT molecular complexity index is 369. The average Bonchev–Trinajstić information content (AvgIpc) is 1.97. The van der Waals surface area contributed by atoms with E-state index in [4.69, 9.17) is 11.5 Å². The smallest absolute Gasteiger partial charge is 0.368 e. The lowest BCUT2D eigenvalue weighted by atomic mass is 10.2. The molecule has 0 unspecified atom stereocenters. The lowest BCUT2D eigenvalue weighted by Gasteiger charge is -2.18. The molecule has 0 amide bonds. The van der Waals surface area contributed by atoms with Crippen LogP contribution in [0.25, 0.3) is 0 Å². The minimum atomic E-state index is -5.68. The van der Waals surface area contributed by atoms with Crippen LogP contribution in [0.1, 0.15) is 5.82 Å². The van der Waals surface area contributed by atoms with Gasteiger partial charge in [-0.25, -0.2) is 0 Å². The van der Waals surface area contributed by atoms with Crippen LogP contribution in [0.3, 0.4) is 0 Å². The molecule has 0 bridgehead atoms. The van der Waals surface area contributed by atoms with Crippen molar-refractivity contribution in [2.24, 2.45) is 0 Å². The Morgan fingerprint density at radius 3 is 1.69 bits per heavy atom. The molecular formula is C6H6F5N5. The summed E-state index contributed by atoms with van der Waals surface area (Å²) in [6, 6.07) is 0. The van der Waals surface area contributed by atoms with Gasteiger partial charge in [0.25, 0.3) is 0 Å². The van der Waals surface area contributed by atoms with E-state index in [1.54, 1.807) is 0 Å². The molecule has 1 heterocycles. The molecule has 16 heavy (non-hydrogen) atoms. The van der Waals surface area contributed by atoms with Gasteiger partial charge in [-0.1, -0.05) is 0 Å². The lowest BCUT2D eigenvalue weighted by Crippen LogP contribution is -2.39. The van der Waals surface area contributed by atoms with Crippen molar-refractivity contribution in [1.82, 2.24) is 15.0 Å². The molecule has 1 aromatic heterocycles. The highest BCUT2D eigenvalue weighted by Gasteiger charge is 2.57. The largest absolute Gasteiger partial charge is 0.453 e. The molecule has 4 N–H and O–H groups in total. The van der Waals surface area contributed by atoms with Gasteiger partial charge in [0.2, 0.25) is 11.9 Å². The van der Waals surface area contributed by atoms with E-state index in [1.165, 1.54) is 0 Å². The molecule has 0 aliphatic carbocycles. The molecule has 90 valence electrons. The highest BCUT2D eigenvalue weighted by Crippen LogP contribution is 2.37. The van der Waals surface area contributed by atoms with Gasteiger partial charge < -0.3 is 11.5 Å². The molecule has 5 nitrogen and oxygen atoms in total. The first-order valence-corrected chi connectivity index (χ1v) is 3.82. The lowest BCUT2D eigenvalue weighted by molar-refractivity contribution is -0.281. The predicted molar refractivity (Wildman–Crippen MR) is 43.4 cm³/mol. The van der Waals surface area contributed by atoms with E-state index in [-0.39, 0.29) is 0 Å². The predicted octanol–water partition coefficient (Wildman–Crippen LogP) is 0.776. The van der Waals surface area contributed by atoms with Crippen LogP contribution in [0.4, 0.5) is 33.8 Å². The molecule has 0 aromatic carbocycles. The van der Waals surface area contributed by atoms with E-state index in [0.29, 0.717) is 0 Å². The van der Waals surface area contributed by atoms with E-state index in [1.807, 2.05) is 0 Å². The Hall–Kier alpha value is -1.74. The van der Waals surface area contributed by atoms with Gasteiger partial charge in [-0.05, 0) is 0 Å². The van der Waals surface area contributed by atoms with Gasteiger partial charge in [0.15, 0.2) is 0 Å². The van der Waals surface area contributed by atoms with Gasteiger partial charge in [0.1, 0.15) is 5.82 Å². The fraction of sp³-hybridized carbons (Fsp3) is 0.500. The number of alkyl halides is 5.